The van der Waals surface area contributed by atoms with Crippen LogP contribution in [0.1, 0.15) is 82.4 Å². The first-order valence-corrected chi connectivity index (χ1v) is 12.1. The van der Waals surface area contributed by atoms with Crippen molar-refractivity contribution in [3.63, 3.8) is 0 Å². The molecule has 4 nitrogen and oxygen atoms in total. The number of nitrogens with zero attached hydrogens (tertiary/aromatic N) is 2. The second-order valence-electron chi connectivity index (χ2n) is 9.99. The van der Waals surface area contributed by atoms with E-state index in [9.17, 15) is 4.79 Å². The molecule has 3 aliphatic rings. The van der Waals surface area contributed by atoms with Gasteiger partial charge in [-0.1, -0.05) is 25.5 Å². The number of ether oxygens (including phenoxy) is 1. The lowest BCUT2D eigenvalue weighted by Gasteiger charge is -2.46. The smallest absolute Gasteiger partial charge is 0.310 e. The minimum absolute atomic E-state index is 0. The first-order chi connectivity index (χ1) is 14.6. The number of benzene rings is 1. The second-order valence-corrected chi connectivity index (χ2v) is 9.99. The van der Waals surface area contributed by atoms with Crippen molar-refractivity contribution in [1.29, 1.82) is 0 Å². The minimum Gasteiger partial charge on any atom is -0.462 e. The van der Waals surface area contributed by atoms with Crippen molar-refractivity contribution in [1.82, 2.24) is 9.47 Å². The molecular formula is C26H37ClN2O2. The molecule has 1 aromatic heterocycles. The summed E-state index contributed by atoms with van der Waals surface area (Å²) in [5, 5.41) is 1.45. The maximum absolute atomic E-state index is 13.1. The molecule has 0 amide bonds. The average molecular weight is 445 g/mol. The Labute approximate surface area is 192 Å². The maximum Gasteiger partial charge on any atom is 0.310 e. The molecule has 31 heavy (non-hydrogen) atoms. The summed E-state index contributed by atoms with van der Waals surface area (Å²) in [7, 11) is 0. The van der Waals surface area contributed by atoms with E-state index < -0.39 is 0 Å². The zero-order valence-corrected chi connectivity index (χ0v) is 20.0. The first kappa shape index (κ1) is 22.7. The van der Waals surface area contributed by atoms with Gasteiger partial charge in [-0.15, -0.1) is 12.4 Å². The third kappa shape index (κ3) is 4.02. The maximum atomic E-state index is 13.1. The number of likely N-dealkylation sites (N-methyl/N-ethyl adjacent to an activating group) is 1. The molecular weight excluding hydrogens is 408 g/mol. The lowest BCUT2D eigenvalue weighted by Crippen LogP contribution is -2.51. The summed E-state index contributed by atoms with van der Waals surface area (Å²) in [6, 6.07) is 7.74. The molecule has 2 heterocycles. The van der Waals surface area contributed by atoms with Crippen molar-refractivity contribution in [2.24, 2.45) is 5.92 Å². The Balaban J connectivity index is 0.00000231. The van der Waals surface area contributed by atoms with Crippen LogP contribution in [0.5, 0.6) is 0 Å². The summed E-state index contributed by atoms with van der Waals surface area (Å²) in [5.41, 5.74) is 4.29. The summed E-state index contributed by atoms with van der Waals surface area (Å²) < 4.78 is 8.44. The first-order valence-electron chi connectivity index (χ1n) is 12.1. The summed E-state index contributed by atoms with van der Waals surface area (Å²) in [6.45, 7) is 8.60. The Morgan fingerprint density at radius 2 is 1.97 bits per heavy atom. The van der Waals surface area contributed by atoms with Gasteiger partial charge < -0.3 is 9.30 Å². The van der Waals surface area contributed by atoms with Crippen LogP contribution in [0, 0.1) is 5.92 Å². The van der Waals surface area contributed by atoms with Gasteiger partial charge in [-0.05, 0) is 76.1 Å². The Morgan fingerprint density at radius 1 is 1.19 bits per heavy atom. The molecule has 0 spiro atoms. The van der Waals surface area contributed by atoms with E-state index >= 15 is 0 Å². The number of carbonyl (C=O) groups excluding carboxylic acids is 1. The summed E-state index contributed by atoms with van der Waals surface area (Å²) in [6.07, 6.45) is 10.3. The number of halogens is 1. The number of likely N-dealkylation sites (tertiary alicyclic amines) is 1. The molecule has 1 saturated heterocycles. The molecule has 1 aliphatic heterocycles. The zero-order valence-electron chi connectivity index (χ0n) is 19.2. The molecule has 1 aromatic carbocycles. The number of aromatic nitrogens is 1. The van der Waals surface area contributed by atoms with Crippen LogP contribution < -0.4 is 0 Å². The van der Waals surface area contributed by atoms with Gasteiger partial charge in [0.15, 0.2) is 0 Å². The van der Waals surface area contributed by atoms with E-state index in [1.54, 1.807) is 0 Å². The summed E-state index contributed by atoms with van der Waals surface area (Å²) in [5.74, 6) is 0.468. The average Bonchev–Trinajstić information content (AvgIpc) is 3.14. The molecule has 0 radical (unpaired) electrons. The van der Waals surface area contributed by atoms with Crippen molar-refractivity contribution in [2.75, 3.05) is 13.1 Å². The highest BCUT2D eigenvalue weighted by molar-refractivity contribution is 5.89. The monoisotopic (exact) mass is 444 g/mol. The van der Waals surface area contributed by atoms with Crippen LogP contribution >= 0.6 is 12.4 Å². The Bertz CT molecular complexity index is 931. The summed E-state index contributed by atoms with van der Waals surface area (Å²) in [4.78, 5) is 15.7. The number of esters is 1. The fraction of sp³-hybridized carbons (Fsp3) is 0.654. The fourth-order valence-corrected chi connectivity index (χ4v) is 6.34. The third-order valence-corrected chi connectivity index (χ3v) is 7.86. The van der Waals surface area contributed by atoms with E-state index in [1.807, 2.05) is 0 Å². The van der Waals surface area contributed by atoms with Crippen molar-refractivity contribution in [3.8, 4) is 0 Å². The predicted molar refractivity (Wildman–Crippen MR) is 128 cm³/mol. The van der Waals surface area contributed by atoms with Gasteiger partial charge >= 0.3 is 5.97 Å². The van der Waals surface area contributed by atoms with Crippen LogP contribution in [0.25, 0.3) is 10.9 Å². The molecule has 0 bridgehead atoms. The van der Waals surface area contributed by atoms with E-state index in [0.717, 1.165) is 38.8 Å². The van der Waals surface area contributed by atoms with Gasteiger partial charge in [-0.3, -0.25) is 9.69 Å². The SMILES string of the molecule is CCN1C[C@H](C(=O)OC2CCCCC2)C[C@@H]2c3cccc4c3c(cn4C(C)C)C[C@H]21.Cl. The van der Waals surface area contributed by atoms with Crippen molar-refractivity contribution in [2.45, 2.75) is 89.8 Å². The van der Waals surface area contributed by atoms with E-state index in [4.69, 9.17) is 4.74 Å². The molecule has 2 aromatic rings. The van der Waals surface area contributed by atoms with E-state index in [2.05, 4.69) is 54.6 Å². The molecule has 5 rings (SSSR count). The molecule has 5 heteroatoms. The number of fused-ring (bicyclic) bond motifs is 2. The zero-order chi connectivity index (χ0) is 20.8. The predicted octanol–water partition coefficient (Wildman–Crippen LogP) is 5.87. The highest BCUT2D eigenvalue weighted by Crippen LogP contribution is 2.46. The van der Waals surface area contributed by atoms with Crippen LogP contribution in [0.2, 0.25) is 0 Å². The fourth-order valence-electron chi connectivity index (χ4n) is 6.34. The van der Waals surface area contributed by atoms with Crippen molar-refractivity contribution >= 4 is 29.3 Å². The molecule has 1 saturated carbocycles. The topological polar surface area (TPSA) is 34.5 Å². The number of hydrogen-bond donors (Lipinski definition) is 0. The lowest BCUT2D eigenvalue weighted by molar-refractivity contribution is -0.158. The van der Waals surface area contributed by atoms with Crippen LogP contribution in [-0.4, -0.2) is 40.7 Å². The highest BCUT2D eigenvalue weighted by atomic mass is 35.5. The second kappa shape index (κ2) is 9.15. The number of hydrogen-bond acceptors (Lipinski definition) is 3. The quantitative estimate of drug-likeness (QED) is 0.553. The largest absolute Gasteiger partial charge is 0.462 e. The molecule has 0 unspecified atom stereocenters. The Kier molecular flexibility index (Phi) is 6.69. The van der Waals surface area contributed by atoms with Gasteiger partial charge in [0.1, 0.15) is 6.10 Å². The van der Waals surface area contributed by atoms with Gasteiger partial charge in [0, 0.05) is 41.6 Å². The Hall–Kier alpha value is -1.52. The molecule has 170 valence electrons. The normalized spacial score (nSPS) is 26.5. The molecule has 2 aliphatic carbocycles. The van der Waals surface area contributed by atoms with Gasteiger partial charge in [-0.2, -0.15) is 0 Å². The third-order valence-electron chi connectivity index (χ3n) is 7.86. The van der Waals surface area contributed by atoms with Crippen LogP contribution in [0.15, 0.2) is 24.4 Å². The Morgan fingerprint density at radius 3 is 2.68 bits per heavy atom. The summed E-state index contributed by atoms with van der Waals surface area (Å²) >= 11 is 0. The van der Waals surface area contributed by atoms with E-state index in [0.29, 0.717) is 18.0 Å². The molecule has 0 N–H and O–H groups in total. The van der Waals surface area contributed by atoms with Crippen LogP contribution in [0.4, 0.5) is 0 Å². The number of carbonyl (C=O) groups is 1. The van der Waals surface area contributed by atoms with Crippen LogP contribution in [0.3, 0.4) is 0 Å². The van der Waals surface area contributed by atoms with E-state index in [-0.39, 0.29) is 30.4 Å². The van der Waals surface area contributed by atoms with Gasteiger partial charge in [-0.25, -0.2) is 0 Å². The minimum atomic E-state index is -0.00267. The van der Waals surface area contributed by atoms with E-state index in [1.165, 1.54) is 41.3 Å². The number of rotatable bonds is 4. The standard InChI is InChI=1S/C26H36N2O2.ClH/c1-4-27-15-19(26(29)30-20-9-6-5-7-10-20)13-22-21-11-8-12-23-25(21)18(14-24(22)27)16-28(23)17(2)3;/h8,11-12,16-17,19-20,22,24H,4-7,9-10,13-15H2,1-3H3;1H/t19-,22-,24-;/m1./s1. The van der Waals surface area contributed by atoms with Crippen molar-refractivity contribution < 1.29 is 9.53 Å². The van der Waals surface area contributed by atoms with Gasteiger partial charge in [0.2, 0.25) is 0 Å². The number of piperidine rings is 1. The lowest BCUT2D eigenvalue weighted by atomic mass is 9.72. The van der Waals surface area contributed by atoms with Crippen LogP contribution in [-0.2, 0) is 16.0 Å². The van der Waals surface area contributed by atoms with Gasteiger partial charge in [0.05, 0.1) is 5.92 Å². The molecule has 3 atom stereocenters. The highest BCUT2D eigenvalue weighted by Gasteiger charge is 2.43. The van der Waals surface area contributed by atoms with Gasteiger partial charge in [0.25, 0.3) is 0 Å². The molecule has 2 fully saturated rings. The van der Waals surface area contributed by atoms with Crippen molar-refractivity contribution in [3.05, 3.63) is 35.5 Å².